The fourth-order valence-electron chi connectivity index (χ4n) is 3.00. The molecule has 0 fully saturated rings. The molecular formula is C22H21N5OS. The van der Waals surface area contributed by atoms with Crippen LogP contribution in [0, 0.1) is 0 Å². The molecule has 146 valence electrons. The van der Waals surface area contributed by atoms with Gasteiger partial charge in [0.05, 0.1) is 16.8 Å². The monoisotopic (exact) mass is 403 g/mol. The molecule has 0 unspecified atom stereocenters. The molecule has 29 heavy (non-hydrogen) atoms. The average Bonchev–Trinajstić information content (AvgIpc) is 3.41. The van der Waals surface area contributed by atoms with Crippen molar-refractivity contribution in [2.75, 3.05) is 5.32 Å². The molecule has 0 radical (unpaired) electrons. The van der Waals surface area contributed by atoms with Gasteiger partial charge in [0.25, 0.3) is 5.91 Å². The number of thiophene rings is 1. The third-order valence-corrected chi connectivity index (χ3v) is 5.30. The Bertz CT molecular complexity index is 1080. The Kier molecular flexibility index (Phi) is 5.50. The van der Waals surface area contributed by atoms with E-state index in [9.17, 15) is 4.79 Å². The van der Waals surface area contributed by atoms with Gasteiger partial charge in [0.1, 0.15) is 5.69 Å². The Morgan fingerprint density at radius 2 is 1.90 bits per heavy atom. The minimum atomic E-state index is -0.105. The number of nitrogens with one attached hydrogen (secondary N) is 1. The van der Waals surface area contributed by atoms with Gasteiger partial charge in [0.15, 0.2) is 0 Å². The van der Waals surface area contributed by atoms with Crippen molar-refractivity contribution in [1.82, 2.24) is 15.0 Å². The second-order valence-corrected chi connectivity index (χ2v) is 7.85. The van der Waals surface area contributed by atoms with Gasteiger partial charge in [0.2, 0.25) is 0 Å². The Balaban J connectivity index is 1.46. The largest absolute Gasteiger partial charge is 0.328 e. The van der Waals surface area contributed by atoms with Crippen molar-refractivity contribution in [2.24, 2.45) is 5.73 Å². The summed E-state index contributed by atoms with van der Waals surface area (Å²) in [5.74, 6) is -0.105. The topological polar surface area (TPSA) is 85.8 Å². The number of amides is 1. The summed E-state index contributed by atoms with van der Waals surface area (Å²) in [5.41, 5.74) is 10.4. The van der Waals surface area contributed by atoms with Crippen molar-refractivity contribution >= 4 is 22.9 Å². The Labute approximate surface area is 173 Å². The van der Waals surface area contributed by atoms with Crippen molar-refractivity contribution in [3.63, 3.8) is 0 Å². The molecular weight excluding hydrogens is 382 g/mol. The van der Waals surface area contributed by atoms with Gasteiger partial charge in [-0.2, -0.15) is 0 Å². The molecule has 6 nitrogen and oxygen atoms in total. The van der Waals surface area contributed by atoms with Gasteiger partial charge >= 0.3 is 0 Å². The molecule has 0 aliphatic heterocycles. The summed E-state index contributed by atoms with van der Waals surface area (Å²) in [5, 5.41) is 13.3. The van der Waals surface area contributed by atoms with Crippen LogP contribution < -0.4 is 11.1 Å². The van der Waals surface area contributed by atoms with Crippen LogP contribution in [0.1, 0.15) is 22.2 Å². The first-order valence-electron chi connectivity index (χ1n) is 9.31. The van der Waals surface area contributed by atoms with Gasteiger partial charge in [-0.3, -0.25) is 4.79 Å². The molecule has 4 aromatic rings. The van der Waals surface area contributed by atoms with Gasteiger partial charge < -0.3 is 11.1 Å². The lowest BCUT2D eigenvalue weighted by Gasteiger charge is -2.06. The lowest BCUT2D eigenvalue weighted by molar-refractivity contribution is 0.103. The number of aromatic nitrogens is 3. The number of hydrogen-bond acceptors (Lipinski definition) is 5. The van der Waals surface area contributed by atoms with Crippen molar-refractivity contribution in [3.8, 4) is 16.9 Å². The summed E-state index contributed by atoms with van der Waals surface area (Å²) in [6.07, 6.45) is 2.73. The molecule has 4 rings (SSSR count). The Hall–Kier alpha value is -3.29. The van der Waals surface area contributed by atoms with Crippen LogP contribution in [0.15, 0.2) is 72.2 Å². The van der Waals surface area contributed by atoms with Crippen molar-refractivity contribution < 1.29 is 4.79 Å². The van der Waals surface area contributed by atoms with Crippen LogP contribution >= 0.6 is 11.3 Å². The standard InChI is InChI=1S/C22H21N5OS/c1-15(23)13-16-4-10-19(11-5-16)27-14-20(25-26-27)17-6-8-18(9-7-17)24-22(28)21-3-2-12-29-21/h2-12,14-15H,13,23H2,1H3,(H,24,28)/t15-/m0/s1. The van der Waals surface area contributed by atoms with E-state index in [0.29, 0.717) is 4.88 Å². The number of hydrogen-bond donors (Lipinski definition) is 2. The lowest BCUT2D eigenvalue weighted by atomic mass is 10.1. The average molecular weight is 404 g/mol. The zero-order chi connectivity index (χ0) is 20.2. The van der Waals surface area contributed by atoms with Crippen LogP contribution in [0.25, 0.3) is 16.9 Å². The first-order chi connectivity index (χ1) is 14.1. The van der Waals surface area contributed by atoms with Crippen LogP contribution in [0.3, 0.4) is 0 Å². The lowest BCUT2D eigenvalue weighted by Crippen LogP contribution is -2.17. The van der Waals surface area contributed by atoms with Crippen molar-refractivity contribution in [1.29, 1.82) is 0 Å². The zero-order valence-electron chi connectivity index (χ0n) is 15.9. The molecule has 2 heterocycles. The van der Waals surface area contributed by atoms with E-state index in [1.165, 1.54) is 16.9 Å². The van der Waals surface area contributed by atoms with E-state index < -0.39 is 0 Å². The highest BCUT2D eigenvalue weighted by molar-refractivity contribution is 7.12. The summed E-state index contributed by atoms with van der Waals surface area (Å²) in [6.45, 7) is 2.00. The summed E-state index contributed by atoms with van der Waals surface area (Å²) in [4.78, 5) is 12.8. The normalized spacial score (nSPS) is 11.9. The smallest absolute Gasteiger partial charge is 0.265 e. The predicted octanol–water partition coefficient (Wildman–Crippen LogP) is 4.14. The van der Waals surface area contributed by atoms with E-state index in [2.05, 4.69) is 27.8 Å². The fraction of sp³-hybridized carbons (Fsp3) is 0.136. The molecule has 7 heteroatoms. The van der Waals surface area contributed by atoms with Crippen molar-refractivity contribution in [3.05, 3.63) is 82.7 Å². The summed E-state index contributed by atoms with van der Waals surface area (Å²) >= 11 is 1.42. The number of rotatable bonds is 6. The molecule has 0 saturated heterocycles. The van der Waals surface area contributed by atoms with Crippen LogP contribution in [-0.2, 0) is 6.42 Å². The maximum absolute atomic E-state index is 12.1. The fourth-order valence-corrected chi connectivity index (χ4v) is 3.62. The summed E-state index contributed by atoms with van der Waals surface area (Å²) < 4.78 is 1.75. The van der Waals surface area contributed by atoms with Gasteiger partial charge in [-0.1, -0.05) is 35.5 Å². The molecule has 0 spiro atoms. The van der Waals surface area contributed by atoms with Crippen LogP contribution in [-0.4, -0.2) is 26.9 Å². The van der Waals surface area contributed by atoms with Crippen LogP contribution in [0.4, 0.5) is 5.69 Å². The number of benzene rings is 2. The van der Waals surface area contributed by atoms with E-state index in [1.54, 1.807) is 10.7 Å². The Morgan fingerprint density at radius 3 is 2.55 bits per heavy atom. The second kappa shape index (κ2) is 8.38. The van der Waals surface area contributed by atoms with Gasteiger partial charge in [-0.15, -0.1) is 16.4 Å². The third-order valence-electron chi connectivity index (χ3n) is 4.44. The van der Waals surface area contributed by atoms with E-state index >= 15 is 0 Å². The zero-order valence-corrected chi connectivity index (χ0v) is 16.8. The number of carbonyl (C=O) groups excluding carboxylic acids is 1. The van der Waals surface area contributed by atoms with Crippen LogP contribution in [0.5, 0.6) is 0 Å². The van der Waals surface area contributed by atoms with Crippen molar-refractivity contribution in [2.45, 2.75) is 19.4 Å². The number of carbonyl (C=O) groups is 1. The molecule has 2 aromatic heterocycles. The number of anilines is 1. The number of nitrogens with zero attached hydrogens (tertiary/aromatic N) is 3. The molecule has 3 N–H and O–H groups in total. The summed E-state index contributed by atoms with van der Waals surface area (Å²) in [7, 11) is 0. The maximum atomic E-state index is 12.1. The van der Waals surface area contributed by atoms with Crippen LogP contribution in [0.2, 0.25) is 0 Å². The highest BCUT2D eigenvalue weighted by Gasteiger charge is 2.09. The highest BCUT2D eigenvalue weighted by Crippen LogP contribution is 2.21. The second-order valence-electron chi connectivity index (χ2n) is 6.90. The molecule has 2 aromatic carbocycles. The molecule has 0 aliphatic rings. The van der Waals surface area contributed by atoms with E-state index in [4.69, 9.17) is 5.73 Å². The van der Waals surface area contributed by atoms with E-state index in [0.717, 1.165) is 29.1 Å². The van der Waals surface area contributed by atoms with Gasteiger partial charge in [-0.05, 0) is 54.6 Å². The van der Waals surface area contributed by atoms with E-state index in [-0.39, 0.29) is 11.9 Å². The third kappa shape index (κ3) is 4.59. The van der Waals surface area contributed by atoms with Gasteiger partial charge in [0, 0.05) is 17.3 Å². The highest BCUT2D eigenvalue weighted by atomic mass is 32.1. The molecule has 0 saturated carbocycles. The minimum absolute atomic E-state index is 0.105. The van der Waals surface area contributed by atoms with E-state index in [1.807, 2.05) is 61.0 Å². The number of nitrogens with two attached hydrogens (primary N) is 1. The van der Waals surface area contributed by atoms with Gasteiger partial charge in [-0.25, -0.2) is 4.68 Å². The first-order valence-corrected chi connectivity index (χ1v) is 10.2. The minimum Gasteiger partial charge on any atom is -0.328 e. The quantitative estimate of drug-likeness (QED) is 0.507. The first kappa shape index (κ1) is 19.0. The Morgan fingerprint density at radius 1 is 1.14 bits per heavy atom. The molecule has 0 bridgehead atoms. The summed E-state index contributed by atoms with van der Waals surface area (Å²) in [6, 6.07) is 19.5. The predicted molar refractivity (Wildman–Crippen MR) is 116 cm³/mol. The SMILES string of the molecule is C[C@H](N)Cc1ccc(-n2cc(-c3ccc(NC(=O)c4cccs4)cc3)nn2)cc1. The molecule has 0 aliphatic carbocycles. The molecule has 1 atom stereocenters. The molecule has 1 amide bonds. The maximum Gasteiger partial charge on any atom is 0.265 e.